The van der Waals surface area contributed by atoms with Gasteiger partial charge in [0.25, 0.3) is 0 Å². The largest absolute Gasteiger partial charge is 0.395 e. The van der Waals surface area contributed by atoms with Crippen molar-refractivity contribution in [3.05, 3.63) is 46.8 Å². The Labute approximate surface area is 266 Å². The second-order valence-corrected chi connectivity index (χ2v) is 12.0. The van der Waals surface area contributed by atoms with Crippen molar-refractivity contribution in [1.29, 1.82) is 0 Å². The molecule has 11 heteroatoms. The predicted molar refractivity (Wildman–Crippen MR) is 179 cm³/mol. The highest BCUT2D eigenvalue weighted by molar-refractivity contribution is 5.97. The van der Waals surface area contributed by atoms with Crippen molar-refractivity contribution in [3.63, 3.8) is 0 Å². The summed E-state index contributed by atoms with van der Waals surface area (Å²) >= 11 is 0. The lowest BCUT2D eigenvalue weighted by Crippen LogP contribution is -2.28. The highest BCUT2D eigenvalue weighted by Gasteiger charge is 2.23. The van der Waals surface area contributed by atoms with Crippen molar-refractivity contribution in [2.24, 2.45) is 5.73 Å². The van der Waals surface area contributed by atoms with Crippen LogP contribution in [0.25, 0.3) is 11.0 Å². The molecule has 0 radical (unpaired) electrons. The summed E-state index contributed by atoms with van der Waals surface area (Å²) in [5.41, 5.74) is 11.5. The minimum absolute atomic E-state index is 0.0401. The molecule has 0 saturated carbocycles. The van der Waals surface area contributed by atoms with E-state index in [2.05, 4.69) is 34.5 Å². The number of amides is 2. The minimum atomic E-state index is -0.504. The Balaban J connectivity index is 1.50. The number of nitrogens with one attached hydrogen (secondary N) is 2. The van der Waals surface area contributed by atoms with Crippen LogP contribution in [-0.4, -0.2) is 82.6 Å². The van der Waals surface area contributed by atoms with Crippen molar-refractivity contribution >= 4 is 34.2 Å². The first-order chi connectivity index (χ1) is 21.8. The number of likely N-dealkylation sites (N-methyl/N-ethyl adjacent to an activating group) is 1. The lowest BCUT2D eigenvalue weighted by atomic mass is 9.94. The smallest absolute Gasteiger partial charge is 0.248 e. The molecule has 45 heavy (non-hydrogen) atoms. The van der Waals surface area contributed by atoms with Gasteiger partial charge in [-0.1, -0.05) is 26.2 Å². The number of unbranched alkanes of at least 4 members (excludes halogenated alkanes) is 4. The van der Waals surface area contributed by atoms with E-state index in [4.69, 9.17) is 20.6 Å². The summed E-state index contributed by atoms with van der Waals surface area (Å²) in [7, 11) is 2.02. The zero-order chi connectivity index (χ0) is 32.2. The number of hydrogen-bond acceptors (Lipinski definition) is 8. The quantitative estimate of drug-likeness (QED) is 0.152. The summed E-state index contributed by atoms with van der Waals surface area (Å²) in [4.78, 5) is 32.5. The van der Waals surface area contributed by atoms with Gasteiger partial charge < -0.3 is 31.1 Å². The number of aromatic nitrogens is 3. The second-order valence-electron chi connectivity index (χ2n) is 12.0. The number of nitrogens with zero attached hydrogens (tertiary/aromatic N) is 4. The molecule has 3 aromatic rings. The van der Waals surface area contributed by atoms with Crippen LogP contribution in [0.5, 0.6) is 0 Å². The standard InChI is InChI=1S/C34H51N7O4/c1-4-30-28(32(38-25-14-19-45-20-15-25)29-23-36-41(5-2)34(29)39-30)22-24-21-26(12-13-27(24)33(35)44)37-31(43)11-9-7-6-8-10-16-40(3)17-18-42/h12-13,21,23,25,42H,4-11,14-20,22H2,1-3H3,(H2,35,44)(H,37,43)(H,38,39). The van der Waals surface area contributed by atoms with Gasteiger partial charge in [-0.15, -0.1) is 0 Å². The number of rotatable bonds is 18. The summed E-state index contributed by atoms with van der Waals surface area (Å²) in [6, 6.07) is 5.59. The number of benzene rings is 1. The molecule has 0 aliphatic carbocycles. The Morgan fingerprint density at radius 3 is 2.58 bits per heavy atom. The number of anilines is 2. The molecule has 4 rings (SSSR count). The molecule has 1 aromatic carbocycles. The van der Waals surface area contributed by atoms with Crippen molar-refractivity contribution < 1.29 is 19.4 Å². The van der Waals surface area contributed by atoms with Crippen LogP contribution in [-0.2, 0) is 28.9 Å². The maximum Gasteiger partial charge on any atom is 0.248 e. The van der Waals surface area contributed by atoms with E-state index in [1.165, 1.54) is 0 Å². The summed E-state index contributed by atoms with van der Waals surface area (Å²) in [6.07, 6.45) is 10.4. The molecule has 0 atom stereocenters. The number of aryl methyl sites for hydroxylation is 2. The number of aliphatic hydroxyl groups is 1. The van der Waals surface area contributed by atoms with Gasteiger partial charge in [-0.25, -0.2) is 9.67 Å². The molecule has 3 heterocycles. The summed E-state index contributed by atoms with van der Waals surface area (Å²) in [5, 5.41) is 21.4. The summed E-state index contributed by atoms with van der Waals surface area (Å²) in [5.74, 6) is -0.545. The SMILES string of the molecule is CCc1nc2c(cnn2CC)c(NC2CCOCC2)c1Cc1cc(NC(=O)CCCCCCCN(C)CCO)ccc1C(N)=O. The topological polar surface area (TPSA) is 148 Å². The zero-order valence-corrected chi connectivity index (χ0v) is 27.2. The third-order valence-corrected chi connectivity index (χ3v) is 8.62. The first-order valence-electron chi connectivity index (χ1n) is 16.6. The van der Waals surface area contributed by atoms with Crippen molar-refractivity contribution in [2.75, 3.05) is 50.6 Å². The van der Waals surface area contributed by atoms with E-state index < -0.39 is 5.91 Å². The van der Waals surface area contributed by atoms with Gasteiger partial charge in [-0.3, -0.25) is 9.59 Å². The number of carbonyl (C=O) groups is 2. The molecule has 246 valence electrons. The molecule has 0 bridgehead atoms. The lowest BCUT2D eigenvalue weighted by Gasteiger charge is -2.27. The van der Waals surface area contributed by atoms with Gasteiger partial charge in [-0.05, 0) is 76.4 Å². The molecule has 0 spiro atoms. The fraction of sp³-hybridized carbons (Fsp3) is 0.588. The molecule has 2 aromatic heterocycles. The van der Waals surface area contributed by atoms with E-state index in [9.17, 15) is 9.59 Å². The minimum Gasteiger partial charge on any atom is -0.395 e. The Kier molecular flexibility index (Phi) is 13.2. The van der Waals surface area contributed by atoms with E-state index in [-0.39, 0.29) is 18.6 Å². The van der Waals surface area contributed by atoms with E-state index in [1.807, 2.05) is 24.0 Å². The molecule has 0 unspecified atom stereocenters. The summed E-state index contributed by atoms with van der Waals surface area (Å²) < 4.78 is 7.52. The van der Waals surface area contributed by atoms with Crippen LogP contribution >= 0.6 is 0 Å². The van der Waals surface area contributed by atoms with Crippen molar-refractivity contribution in [1.82, 2.24) is 19.7 Å². The molecule has 1 aliphatic heterocycles. The van der Waals surface area contributed by atoms with Gasteiger partial charge in [0.1, 0.15) is 0 Å². The second kappa shape index (κ2) is 17.2. The van der Waals surface area contributed by atoms with Crippen LogP contribution in [0.4, 0.5) is 11.4 Å². The number of ether oxygens (including phenoxy) is 1. The zero-order valence-electron chi connectivity index (χ0n) is 27.2. The van der Waals surface area contributed by atoms with Crippen LogP contribution in [0.2, 0.25) is 0 Å². The molecule has 2 amide bonds. The van der Waals surface area contributed by atoms with Gasteiger partial charge in [0.05, 0.1) is 23.9 Å². The van der Waals surface area contributed by atoms with Crippen LogP contribution in [0.3, 0.4) is 0 Å². The van der Waals surface area contributed by atoms with Crippen LogP contribution in [0, 0.1) is 0 Å². The Bertz CT molecular complexity index is 1420. The third kappa shape index (κ3) is 9.48. The third-order valence-electron chi connectivity index (χ3n) is 8.62. The van der Waals surface area contributed by atoms with Crippen molar-refractivity contribution in [2.45, 2.75) is 90.6 Å². The van der Waals surface area contributed by atoms with E-state index in [0.717, 1.165) is 85.0 Å². The lowest BCUT2D eigenvalue weighted by molar-refractivity contribution is -0.116. The highest BCUT2D eigenvalue weighted by atomic mass is 16.5. The average molecular weight is 622 g/mol. The van der Waals surface area contributed by atoms with Crippen LogP contribution < -0.4 is 16.4 Å². The predicted octanol–water partition coefficient (Wildman–Crippen LogP) is 4.50. The Hall–Kier alpha value is -3.54. The van der Waals surface area contributed by atoms with Gasteiger partial charge >= 0.3 is 0 Å². The number of nitrogens with two attached hydrogens (primary N) is 1. The molecule has 1 fully saturated rings. The molecule has 11 nitrogen and oxygen atoms in total. The Morgan fingerprint density at radius 1 is 1.11 bits per heavy atom. The number of fused-ring (bicyclic) bond motifs is 1. The molecule has 1 saturated heterocycles. The molecular formula is C34H51N7O4. The van der Waals surface area contributed by atoms with Crippen LogP contribution in [0.1, 0.15) is 92.4 Å². The number of aliphatic hydroxyl groups excluding tert-OH is 1. The van der Waals surface area contributed by atoms with Gasteiger partial charge in [0.2, 0.25) is 11.8 Å². The van der Waals surface area contributed by atoms with Gasteiger partial charge in [0, 0.05) is 67.7 Å². The molecule has 1 aliphatic rings. The number of primary amides is 1. The molecule has 5 N–H and O–H groups in total. The first-order valence-corrected chi connectivity index (χ1v) is 16.6. The van der Waals surface area contributed by atoms with Gasteiger partial charge in [0.15, 0.2) is 5.65 Å². The normalized spacial score (nSPS) is 13.9. The van der Waals surface area contributed by atoms with Crippen LogP contribution in [0.15, 0.2) is 24.4 Å². The van der Waals surface area contributed by atoms with E-state index >= 15 is 0 Å². The van der Waals surface area contributed by atoms with E-state index in [1.54, 1.807) is 12.1 Å². The monoisotopic (exact) mass is 621 g/mol. The van der Waals surface area contributed by atoms with E-state index in [0.29, 0.717) is 56.8 Å². The average Bonchev–Trinajstić information content (AvgIpc) is 3.45. The fourth-order valence-electron chi connectivity index (χ4n) is 6.05. The summed E-state index contributed by atoms with van der Waals surface area (Å²) in [6.45, 7) is 8.15. The molecular weight excluding hydrogens is 570 g/mol. The highest BCUT2D eigenvalue weighted by Crippen LogP contribution is 2.34. The Morgan fingerprint density at radius 2 is 1.87 bits per heavy atom. The van der Waals surface area contributed by atoms with Crippen molar-refractivity contribution in [3.8, 4) is 0 Å². The number of carbonyl (C=O) groups excluding carboxylic acids is 2. The fourth-order valence-corrected chi connectivity index (χ4v) is 6.05. The number of hydrogen-bond donors (Lipinski definition) is 4. The van der Waals surface area contributed by atoms with Gasteiger partial charge in [-0.2, -0.15) is 5.10 Å². The maximum atomic E-state index is 12.8. The maximum absolute atomic E-state index is 12.8. The number of pyridine rings is 1. The first kappa shape index (κ1) is 34.3.